The molecule has 1 aromatic rings. The smallest absolute Gasteiger partial charge is 0.106 e. The summed E-state index contributed by atoms with van der Waals surface area (Å²) in [5.41, 5.74) is 2.53. The number of hydrogen-bond donors (Lipinski definition) is 0. The van der Waals surface area contributed by atoms with Crippen LogP contribution in [-0.4, -0.2) is 9.55 Å². The van der Waals surface area contributed by atoms with Gasteiger partial charge in [0.05, 0.1) is 5.69 Å². The van der Waals surface area contributed by atoms with Crippen LogP contribution >= 0.6 is 0 Å². The lowest BCUT2D eigenvalue weighted by atomic mass is 10.1. The van der Waals surface area contributed by atoms with E-state index in [0.29, 0.717) is 0 Å². The predicted molar refractivity (Wildman–Crippen MR) is 79.0 cm³/mol. The van der Waals surface area contributed by atoms with Gasteiger partial charge in [0.15, 0.2) is 0 Å². The summed E-state index contributed by atoms with van der Waals surface area (Å²) in [6.45, 7) is 9.82. The van der Waals surface area contributed by atoms with Gasteiger partial charge >= 0.3 is 0 Å². The van der Waals surface area contributed by atoms with Crippen molar-refractivity contribution in [1.29, 1.82) is 0 Å². The van der Waals surface area contributed by atoms with Gasteiger partial charge in [-0.25, -0.2) is 4.98 Å². The topological polar surface area (TPSA) is 17.8 Å². The van der Waals surface area contributed by atoms with Crippen LogP contribution in [0.1, 0.15) is 75.5 Å². The normalized spacial score (nSPS) is 11.1. The molecule has 0 aliphatic carbocycles. The maximum absolute atomic E-state index is 4.52. The van der Waals surface area contributed by atoms with Crippen LogP contribution in [0.3, 0.4) is 0 Å². The first kappa shape index (κ1) is 15.3. The summed E-state index contributed by atoms with van der Waals surface area (Å²) in [5.74, 6) is 1.17. The highest BCUT2D eigenvalue weighted by Crippen LogP contribution is 2.13. The van der Waals surface area contributed by atoms with Crippen molar-refractivity contribution in [1.82, 2.24) is 9.55 Å². The van der Waals surface area contributed by atoms with E-state index < -0.39 is 0 Å². The lowest BCUT2D eigenvalue weighted by molar-refractivity contribution is 0.535. The molecule has 0 atom stereocenters. The molecule has 0 spiro atoms. The van der Waals surface area contributed by atoms with Crippen molar-refractivity contribution in [3.8, 4) is 0 Å². The zero-order chi connectivity index (χ0) is 13.4. The van der Waals surface area contributed by atoms with Crippen LogP contribution in [0.4, 0.5) is 0 Å². The van der Waals surface area contributed by atoms with E-state index in [2.05, 4.69) is 37.2 Å². The molecule has 0 unspecified atom stereocenters. The Hall–Kier alpha value is -0.790. The summed E-state index contributed by atoms with van der Waals surface area (Å²) in [6.07, 6.45) is 11.1. The van der Waals surface area contributed by atoms with Crippen LogP contribution in [0.2, 0.25) is 0 Å². The number of unbranched alkanes of at least 4 members (excludes halogenated alkanes) is 7. The molecule has 1 heterocycles. The molecule has 0 bridgehead atoms. The van der Waals surface area contributed by atoms with Gasteiger partial charge in [-0.3, -0.25) is 0 Å². The van der Waals surface area contributed by atoms with Gasteiger partial charge in [-0.05, 0) is 27.2 Å². The van der Waals surface area contributed by atoms with Gasteiger partial charge in [-0.2, -0.15) is 0 Å². The van der Waals surface area contributed by atoms with E-state index in [9.17, 15) is 0 Å². The molecule has 0 saturated carbocycles. The average molecular weight is 250 g/mol. The van der Waals surface area contributed by atoms with Crippen molar-refractivity contribution >= 4 is 0 Å². The number of aryl methyl sites for hydroxylation is 2. The lowest BCUT2D eigenvalue weighted by Crippen LogP contribution is -2.02. The number of imidazole rings is 1. The minimum absolute atomic E-state index is 1.15. The van der Waals surface area contributed by atoms with Crippen LogP contribution in [-0.2, 0) is 6.54 Å². The SMILES string of the molecule is CCCCCCCCCCn1c(C)nc(C)c1C. The first-order chi connectivity index (χ1) is 8.66. The Bertz CT molecular complexity index is 339. The highest BCUT2D eigenvalue weighted by Gasteiger charge is 2.06. The van der Waals surface area contributed by atoms with E-state index in [1.165, 1.54) is 68.6 Å². The monoisotopic (exact) mass is 250 g/mol. The van der Waals surface area contributed by atoms with E-state index in [1.807, 2.05) is 0 Å². The summed E-state index contributed by atoms with van der Waals surface area (Å²) in [5, 5.41) is 0. The Labute approximate surface area is 113 Å². The summed E-state index contributed by atoms with van der Waals surface area (Å²) >= 11 is 0. The predicted octanol–water partition coefficient (Wildman–Crippen LogP) is 4.95. The summed E-state index contributed by atoms with van der Waals surface area (Å²) in [4.78, 5) is 4.52. The van der Waals surface area contributed by atoms with Gasteiger partial charge in [-0.1, -0.05) is 51.9 Å². The Morgan fingerprint density at radius 2 is 1.39 bits per heavy atom. The number of hydrogen-bond acceptors (Lipinski definition) is 1. The Balaban J connectivity index is 2.11. The molecule has 18 heavy (non-hydrogen) atoms. The third-order valence-corrected chi connectivity index (χ3v) is 3.88. The lowest BCUT2D eigenvalue weighted by Gasteiger charge is -2.07. The number of nitrogens with zero attached hydrogens (tertiary/aromatic N) is 2. The molecule has 0 saturated heterocycles. The average Bonchev–Trinajstić information content (AvgIpc) is 2.58. The molecule has 2 heteroatoms. The minimum Gasteiger partial charge on any atom is -0.332 e. The Morgan fingerprint density at radius 3 is 1.89 bits per heavy atom. The van der Waals surface area contributed by atoms with E-state index in [1.54, 1.807) is 0 Å². The van der Waals surface area contributed by atoms with Gasteiger partial charge in [0.2, 0.25) is 0 Å². The molecule has 0 N–H and O–H groups in total. The van der Waals surface area contributed by atoms with Crippen LogP contribution in [0, 0.1) is 20.8 Å². The highest BCUT2D eigenvalue weighted by molar-refractivity contribution is 5.13. The molecule has 0 radical (unpaired) electrons. The maximum Gasteiger partial charge on any atom is 0.106 e. The molecule has 104 valence electrons. The van der Waals surface area contributed by atoms with Gasteiger partial charge in [0.25, 0.3) is 0 Å². The minimum atomic E-state index is 1.15. The molecule has 0 amide bonds. The zero-order valence-electron chi connectivity index (χ0n) is 12.8. The van der Waals surface area contributed by atoms with Crippen LogP contribution < -0.4 is 0 Å². The molecule has 1 rings (SSSR count). The summed E-state index contributed by atoms with van der Waals surface area (Å²) in [6, 6.07) is 0. The quantitative estimate of drug-likeness (QED) is 0.567. The van der Waals surface area contributed by atoms with Crippen molar-refractivity contribution in [2.24, 2.45) is 0 Å². The summed E-state index contributed by atoms with van der Waals surface area (Å²) in [7, 11) is 0. The van der Waals surface area contributed by atoms with Gasteiger partial charge in [0.1, 0.15) is 5.82 Å². The molecule has 2 nitrogen and oxygen atoms in total. The van der Waals surface area contributed by atoms with Gasteiger partial charge < -0.3 is 4.57 Å². The fourth-order valence-corrected chi connectivity index (χ4v) is 2.56. The Kier molecular flexibility index (Phi) is 7.07. The highest BCUT2D eigenvalue weighted by atomic mass is 15.1. The number of aromatic nitrogens is 2. The molecule has 0 fully saturated rings. The van der Waals surface area contributed by atoms with Crippen molar-refractivity contribution < 1.29 is 0 Å². The standard InChI is InChI=1S/C16H30N2/c1-5-6-7-8-9-10-11-12-13-18-15(3)14(2)17-16(18)4/h5-13H2,1-4H3. The molecular weight excluding hydrogens is 220 g/mol. The van der Waals surface area contributed by atoms with Crippen molar-refractivity contribution in [3.63, 3.8) is 0 Å². The fraction of sp³-hybridized carbons (Fsp3) is 0.812. The maximum atomic E-state index is 4.52. The fourth-order valence-electron chi connectivity index (χ4n) is 2.56. The molecular formula is C16H30N2. The second-order valence-electron chi connectivity index (χ2n) is 5.46. The van der Waals surface area contributed by atoms with Crippen LogP contribution in [0.15, 0.2) is 0 Å². The second kappa shape index (κ2) is 8.34. The van der Waals surface area contributed by atoms with Crippen LogP contribution in [0.25, 0.3) is 0 Å². The van der Waals surface area contributed by atoms with Crippen molar-refractivity contribution in [2.45, 2.75) is 85.6 Å². The largest absolute Gasteiger partial charge is 0.332 e. The van der Waals surface area contributed by atoms with Crippen molar-refractivity contribution in [3.05, 3.63) is 17.2 Å². The first-order valence-corrected chi connectivity index (χ1v) is 7.67. The number of rotatable bonds is 9. The zero-order valence-corrected chi connectivity index (χ0v) is 12.8. The third-order valence-electron chi connectivity index (χ3n) is 3.88. The molecule has 0 aliphatic heterocycles. The summed E-state index contributed by atoms with van der Waals surface area (Å²) < 4.78 is 2.37. The second-order valence-corrected chi connectivity index (χ2v) is 5.46. The molecule has 1 aromatic heterocycles. The first-order valence-electron chi connectivity index (χ1n) is 7.67. The third kappa shape index (κ3) is 4.83. The van der Waals surface area contributed by atoms with E-state index in [-0.39, 0.29) is 0 Å². The van der Waals surface area contributed by atoms with Crippen molar-refractivity contribution in [2.75, 3.05) is 0 Å². The Morgan fingerprint density at radius 1 is 0.833 bits per heavy atom. The van der Waals surface area contributed by atoms with E-state index in [4.69, 9.17) is 0 Å². The van der Waals surface area contributed by atoms with Crippen LogP contribution in [0.5, 0.6) is 0 Å². The van der Waals surface area contributed by atoms with Gasteiger partial charge in [-0.15, -0.1) is 0 Å². The molecule has 0 aromatic carbocycles. The van der Waals surface area contributed by atoms with Gasteiger partial charge in [0, 0.05) is 12.2 Å². The van der Waals surface area contributed by atoms with E-state index >= 15 is 0 Å². The molecule has 0 aliphatic rings. The van der Waals surface area contributed by atoms with E-state index in [0.717, 1.165) is 6.54 Å².